The van der Waals surface area contributed by atoms with Gasteiger partial charge in [0.15, 0.2) is 16.4 Å². The van der Waals surface area contributed by atoms with Crippen LogP contribution in [0.2, 0.25) is 5.02 Å². The van der Waals surface area contributed by atoms with Gasteiger partial charge in [-0.2, -0.15) is 0 Å². The lowest BCUT2D eigenvalue weighted by Gasteiger charge is -2.28. The van der Waals surface area contributed by atoms with Gasteiger partial charge < -0.3 is 9.64 Å². The van der Waals surface area contributed by atoms with Gasteiger partial charge in [0.1, 0.15) is 5.02 Å². The molecule has 1 unspecified atom stereocenters. The summed E-state index contributed by atoms with van der Waals surface area (Å²) in [6, 6.07) is 3.02. The normalized spacial score (nSPS) is 17.9. The highest BCUT2D eigenvalue weighted by Crippen LogP contribution is 2.25. The van der Waals surface area contributed by atoms with Crippen molar-refractivity contribution >= 4 is 39.0 Å². The first-order valence-corrected chi connectivity index (χ1v) is 11.0. The fraction of sp³-hybridized carbons (Fsp3) is 0.529. The molecule has 1 aromatic rings. The highest BCUT2D eigenvalue weighted by molar-refractivity contribution is 7.91. The lowest BCUT2D eigenvalue weighted by atomic mass is 10.2. The summed E-state index contributed by atoms with van der Waals surface area (Å²) in [5.41, 5.74) is -0.546. The van der Waals surface area contributed by atoms with Crippen LogP contribution in [0.4, 0.5) is 5.69 Å². The van der Waals surface area contributed by atoms with Crippen LogP contribution in [0.25, 0.3) is 0 Å². The summed E-state index contributed by atoms with van der Waals surface area (Å²) in [6.07, 6.45) is 1.87. The first kappa shape index (κ1) is 22.1. The van der Waals surface area contributed by atoms with Crippen molar-refractivity contribution in [3.05, 3.63) is 38.9 Å². The van der Waals surface area contributed by atoms with E-state index in [0.717, 1.165) is 12.5 Å². The second kappa shape index (κ2) is 9.33. The Balaban J connectivity index is 2.04. The fourth-order valence-corrected chi connectivity index (χ4v) is 4.85. The molecule has 11 heteroatoms. The van der Waals surface area contributed by atoms with Gasteiger partial charge in [0.2, 0.25) is 0 Å². The molecule has 0 radical (unpaired) electrons. The van der Waals surface area contributed by atoms with Gasteiger partial charge in [-0.15, -0.1) is 0 Å². The van der Waals surface area contributed by atoms with Crippen LogP contribution < -0.4 is 0 Å². The average Bonchev–Trinajstić information content (AvgIpc) is 2.99. The van der Waals surface area contributed by atoms with Crippen molar-refractivity contribution in [3.63, 3.8) is 0 Å². The number of esters is 1. The third-order valence-corrected chi connectivity index (χ3v) is 6.50. The van der Waals surface area contributed by atoms with Crippen LogP contribution in [-0.2, 0) is 19.4 Å². The Hall–Kier alpha value is -2.20. The van der Waals surface area contributed by atoms with Gasteiger partial charge in [-0.25, -0.2) is 13.2 Å². The van der Waals surface area contributed by atoms with Gasteiger partial charge in [-0.3, -0.25) is 14.9 Å². The number of ether oxygens (including phenoxy) is 1. The lowest BCUT2D eigenvalue weighted by Crippen LogP contribution is -2.43. The van der Waals surface area contributed by atoms with Crippen molar-refractivity contribution < 1.29 is 27.7 Å². The molecule has 0 aromatic heterocycles. The van der Waals surface area contributed by atoms with Crippen LogP contribution >= 0.6 is 11.6 Å². The van der Waals surface area contributed by atoms with E-state index < -0.39 is 45.0 Å². The second-order valence-corrected chi connectivity index (χ2v) is 9.13. The van der Waals surface area contributed by atoms with Crippen molar-refractivity contribution in [2.24, 2.45) is 0 Å². The molecule has 154 valence electrons. The van der Waals surface area contributed by atoms with Crippen LogP contribution in [0.3, 0.4) is 0 Å². The largest absolute Gasteiger partial charge is 0.452 e. The summed E-state index contributed by atoms with van der Waals surface area (Å²) >= 11 is 5.71. The first-order chi connectivity index (χ1) is 13.1. The molecule has 1 heterocycles. The average molecular weight is 433 g/mol. The fourth-order valence-electron chi connectivity index (χ4n) is 2.93. The quantitative estimate of drug-likeness (QED) is 0.350. The maximum Gasteiger partial charge on any atom is 0.338 e. The zero-order chi connectivity index (χ0) is 20.9. The van der Waals surface area contributed by atoms with E-state index >= 15 is 0 Å². The van der Waals surface area contributed by atoms with E-state index in [9.17, 15) is 28.1 Å². The molecule has 1 amide bonds. The number of halogens is 1. The number of unbranched alkanes of at least 4 members (excludes halogenated alkanes) is 1. The molecule has 0 aliphatic carbocycles. The molecule has 0 saturated carbocycles. The maximum atomic E-state index is 12.5. The van der Waals surface area contributed by atoms with E-state index in [0.29, 0.717) is 19.4 Å². The minimum Gasteiger partial charge on any atom is -0.452 e. The highest BCUT2D eigenvalue weighted by atomic mass is 35.5. The molecule has 1 aliphatic heterocycles. The molecule has 1 atom stereocenters. The minimum absolute atomic E-state index is 0.0296. The van der Waals surface area contributed by atoms with Gasteiger partial charge in [0.25, 0.3) is 11.6 Å². The predicted octanol–water partition coefficient (Wildman–Crippen LogP) is 2.22. The molecule has 1 saturated heterocycles. The van der Waals surface area contributed by atoms with Crippen LogP contribution in [0.1, 0.15) is 36.5 Å². The SMILES string of the molecule is CCCCN(C(=O)COC(=O)c1ccc(Cl)c([N+](=O)[O-])c1)C1CCS(=O)(=O)C1. The molecule has 1 fully saturated rings. The van der Waals surface area contributed by atoms with Crippen LogP contribution in [0.5, 0.6) is 0 Å². The summed E-state index contributed by atoms with van der Waals surface area (Å²) in [5.74, 6) is -1.46. The van der Waals surface area contributed by atoms with E-state index in [2.05, 4.69) is 0 Å². The molecule has 2 rings (SSSR count). The zero-order valence-electron chi connectivity index (χ0n) is 15.3. The van der Waals surface area contributed by atoms with Crippen molar-refractivity contribution in [2.75, 3.05) is 24.7 Å². The molecule has 0 N–H and O–H groups in total. The molecular formula is C17H21ClN2O7S. The number of hydrogen-bond donors (Lipinski definition) is 0. The van der Waals surface area contributed by atoms with Crippen molar-refractivity contribution in [3.8, 4) is 0 Å². The smallest absolute Gasteiger partial charge is 0.338 e. The third-order valence-electron chi connectivity index (χ3n) is 4.43. The van der Waals surface area contributed by atoms with Crippen LogP contribution in [0, 0.1) is 10.1 Å². The van der Waals surface area contributed by atoms with Crippen molar-refractivity contribution in [2.45, 2.75) is 32.2 Å². The number of benzene rings is 1. The first-order valence-electron chi connectivity index (χ1n) is 8.75. The van der Waals surface area contributed by atoms with Gasteiger partial charge >= 0.3 is 5.97 Å². The van der Waals surface area contributed by atoms with E-state index in [1.807, 2.05) is 6.92 Å². The monoisotopic (exact) mass is 432 g/mol. The van der Waals surface area contributed by atoms with E-state index in [-0.39, 0.29) is 22.1 Å². The Labute approximate surface area is 167 Å². The summed E-state index contributed by atoms with van der Waals surface area (Å²) in [7, 11) is -3.17. The lowest BCUT2D eigenvalue weighted by molar-refractivity contribution is -0.384. The number of nitro benzene ring substituents is 1. The number of hydrogen-bond acceptors (Lipinski definition) is 7. The number of carbonyl (C=O) groups excluding carboxylic acids is 2. The van der Waals surface area contributed by atoms with E-state index in [1.54, 1.807) is 0 Å². The molecular weight excluding hydrogens is 412 g/mol. The summed E-state index contributed by atoms with van der Waals surface area (Å²) < 4.78 is 28.4. The molecule has 1 aromatic carbocycles. The van der Waals surface area contributed by atoms with Crippen molar-refractivity contribution in [1.82, 2.24) is 4.90 Å². The van der Waals surface area contributed by atoms with E-state index in [1.165, 1.54) is 17.0 Å². The summed E-state index contributed by atoms with van der Waals surface area (Å²) in [5, 5.41) is 10.8. The summed E-state index contributed by atoms with van der Waals surface area (Å²) in [6.45, 7) is 1.75. The molecule has 0 bridgehead atoms. The Kier molecular flexibility index (Phi) is 7.36. The zero-order valence-corrected chi connectivity index (χ0v) is 16.9. The van der Waals surface area contributed by atoms with Gasteiger partial charge in [0, 0.05) is 18.7 Å². The molecule has 28 heavy (non-hydrogen) atoms. The van der Waals surface area contributed by atoms with Gasteiger partial charge in [0.05, 0.1) is 22.0 Å². The molecule has 9 nitrogen and oxygen atoms in total. The predicted molar refractivity (Wildman–Crippen MR) is 102 cm³/mol. The number of carbonyl (C=O) groups is 2. The number of nitrogens with zero attached hydrogens (tertiary/aromatic N) is 2. The standard InChI is InChI=1S/C17H21ClN2O7S/c1-2-3-7-19(13-6-8-28(25,26)11-13)16(21)10-27-17(22)12-4-5-14(18)15(9-12)20(23)24/h4-5,9,13H,2-3,6-8,10-11H2,1H3. The van der Waals surface area contributed by atoms with Crippen molar-refractivity contribution in [1.29, 1.82) is 0 Å². The van der Waals surface area contributed by atoms with Gasteiger partial charge in [-0.05, 0) is 25.0 Å². The third kappa shape index (κ3) is 5.65. The summed E-state index contributed by atoms with van der Waals surface area (Å²) in [4.78, 5) is 36.3. The van der Waals surface area contributed by atoms with Gasteiger partial charge in [-0.1, -0.05) is 24.9 Å². The van der Waals surface area contributed by atoms with Crippen LogP contribution in [-0.4, -0.2) is 60.8 Å². The molecule has 0 spiro atoms. The van der Waals surface area contributed by atoms with E-state index in [4.69, 9.17) is 16.3 Å². The number of nitro groups is 1. The van der Waals surface area contributed by atoms with Crippen LogP contribution in [0.15, 0.2) is 18.2 Å². The number of rotatable bonds is 8. The Morgan fingerprint density at radius 3 is 2.68 bits per heavy atom. The Bertz CT molecular complexity index is 872. The second-order valence-electron chi connectivity index (χ2n) is 6.50. The highest BCUT2D eigenvalue weighted by Gasteiger charge is 2.34. The minimum atomic E-state index is -3.17. The Morgan fingerprint density at radius 2 is 2.11 bits per heavy atom. The number of amides is 1. The number of sulfone groups is 1. The molecule has 1 aliphatic rings. The Morgan fingerprint density at radius 1 is 1.39 bits per heavy atom. The topological polar surface area (TPSA) is 124 Å². The maximum absolute atomic E-state index is 12.5.